The molecule has 0 N–H and O–H groups in total. The van der Waals surface area contributed by atoms with E-state index in [1.54, 1.807) is 45.0 Å². The van der Waals surface area contributed by atoms with Gasteiger partial charge in [0, 0.05) is 0 Å². The summed E-state index contributed by atoms with van der Waals surface area (Å²) in [6.07, 6.45) is 0. The maximum absolute atomic E-state index is 11.2. The second-order valence-electron chi connectivity index (χ2n) is 4.70. The van der Waals surface area contributed by atoms with Crippen molar-refractivity contribution in [1.29, 1.82) is 0 Å². The molecule has 0 saturated heterocycles. The highest BCUT2D eigenvalue weighted by atomic mass is 17.5. The van der Waals surface area contributed by atoms with Crippen LogP contribution in [0.25, 0.3) is 0 Å². The van der Waals surface area contributed by atoms with Gasteiger partial charge in [-0.15, -0.1) is 0 Å². The van der Waals surface area contributed by atoms with Crippen molar-refractivity contribution in [1.82, 2.24) is 0 Å². The molecule has 0 unspecified atom stereocenters. The van der Waals surface area contributed by atoms with Crippen LogP contribution in [0.5, 0.6) is 0 Å². The molecule has 104 valence electrons. The van der Waals surface area contributed by atoms with E-state index in [0.717, 1.165) is 5.56 Å². The lowest BCUT2D eigenvalue weighted by Gasteiger charge is -2.14. The third-order valence-corrected chi connectivity index (χ3v) is 1.77. The Morgan fingerprint density at radius 3 is 2.26 bits per heavy atom. The third-order valence-electron chi connectivity index (χ3n) is 1.77. The summed E-state index contributed by atoms with van der Waals surface area (Å²) in [5, 5.41) is 4.18. The lowest BCUT2D eigenvalue weighted by Crippen LogP contribution is -2.24. The zero-order valence-electron chi connectivity index (χ0n) is 11.0. The molecule has 1 aromatic carbocycles. The van der Waals surface area contributed by atoms with E-state index in [4.69, 9.17) is 4.74 Å². The molecule has 0 saturated carbocycles. The first-order chi connectivity index (χ1) is 8.88. The molecule has 0 aliphatic heterocycles. The van der Waals surface area contributed by atoms with Crippen LogP contribution in [-0.2, 0) is 35.7 Å². The van der Waals surface area contributed by atoms with Gasteiger partial charge in [-0.05, 0) is 31.4 Å². The van der Waals surface area contributed by atoms with Gasteiger partial charge in [-0.2, -0.15) is 4.89 Å². The van der Waals surface area contributed by atoms with E-state index in [0.29, 0.717) is 0 Å². The van der Waals surface area contributed by atoms with Crippen LogP contribution >= 0.6 is 0 Å². The number of carbonyl (C=O) groups is 2. The fourth-order valence-corrected chi connectivity index (χ4v) is 0.966. The van der Waals surface area contributed by atoms with E-state index in [-0.39, 0.29) is 6.61 Å². The predicted molar refractivity (Wildman–Crippen MR) is 64.3 cm³/mol. The molecule has 0 aromatic heterocycles. The quantitative estimate of drug-likeness (QED) is 0.359. The van der Waals surface area contributed by atoms with E-state index < -0.39 is 17.5 Å². The van der Waals surface area contributed by atoms with Crippen molar-refractivity contribution >= 4 is 11.9 Å². The van der Waals surface area contributed by atoms with Gasteiger partial charge in [0.25, 0.3) is 0 Å². The van der Waals surface area contributed by atoms with Crippen LogP contribution in [-0.4, -0.2) is 17.5 Å². The highest BCUT2D eigenvalue weighted by Gasteiger charge is 2.21. The van der Waals surface area contributed by atoms with E-state index in [9.17, 15) is 9.59 Å². The Labute approximate surface area is 111 Å². The standard InChI is InChI=1S/C13H16O6/c1-13(2,3)18-19-17-12(15)11(14)16-9-10-7-5-4-6-8-10/h4-8H,9H2,1-3H3. The van der Waals surface area contributed by atoms with Gasteiger partial charge in [0.1, 0.15) is 6.61 Å². The molecule has 19 heavy (non-hydrogen) atoms. The second kappa shape index (κ2) is 6.86. The molecule has 6 nitrogen and oxygen atoms in total. The molecule has 0 heterocycles. The van der Waals surface area contributed by atoms with Gasteiger partial charge in [-0.3, -0.25) is 4.89 Å². The Hall–Kier alpha value is -1.92. The largest absolute Gasteiger partial charge is 0.453 e. The first-order valence-electron chi connectivity index (χ1n) is 5.66. The summed E-state index contributed by atoms with van der Waals surface area (Å²) < 4.78 is 4.72. The van der Waals surface area contributed by atoms with Gasteiger partial charge in [0.15, 0.2) is 0 Å². The molecule has 1 aromatic rings. The molecule has 0 amide bonds. The normalized spacial score (nSPS) is 10.9. The topological polar surface area (TPSA) is 71.1 Å². The summed E-state index contributed by atoms with van der Waals surface area (Å²) in [5.74, 6) is -2.43. The van der Waals surface area contributed by atoms with Crippen molar-refractivity contribution in [3.63, 3.8) is 0 Å². The van der Waals surface area contributed by atoms with Crippen LogP contribution in [0.3, 0.4) is 0 Å². The van der Waals surface area contributed by atoms with E-state index in [2.05, 4.69) is 14.8 Å². The average molecular weight is 268 g/mol. The van der Waals surface area contributed by atoms with Crippen molar-refractivity contribution in [2.24, 2.45) is 0 Å². The zero-order chi connectivity index (χ0) is 14.3. The summed E-state index contributed by atoms with van der Waals surface area (Å²) >= 11 is 0. The Morgan fingerprint density at radius 2 is 1.68 bits per heavy atom. The summed E-state index contributed by atoms with van der Waals surface area (Å²) in [6.45, 7) is 5.05. The predicted octanol–water partition coefficient (Wildman–Crippen LogP) is 1.93. The van der Waals surface area contributed by atoms with Crippen LogP contribution in [0.2, 0.25) is 0 Å². The molecule has 0 aliphatic carbocycles. The van der Waals surface area contributed by atoms with E-state index in [1.807, 2.05) is 6.07 Å². The first kappa shape index (κ1) is 15.1. The van der Waals surface area contributed by atoms with Crippen molar-refractivity contribution in [2.45, 2.75) is 33.0 Å². The van der Waals surface area contributed by atoms with Gasteiger partial charge in [-0.1, -0.05) is 30.3 Å². The number of esters is 1. The molecular weight excluding hydrogens is 252 g/mol. The maximum atomic E-state index is 11.2. The summed E-state index contributed by atoms with van der Waals surface area (Å²) in [6, 6.07) is 8.94. The molecule has 0 radical (unpaired) electrons. The number of ether oxygens (including phenoxy) is 1. The van der Waals surface area contributed by atoms with Crippen LogP contribution in [0.1, 0.15) is 26.3 Å². The number of benzene rings is 1. The Morgan fingerprint density at radius 1 is 1.05 bits per heavy atom. The molecule has 1 rings (SSSR count). The first-order valence-corrected chi connectivity index (χ1v) is 5.66. The van der Waals surface area contributed by atoms with Gasteiger partial charge in [-0.25, -0.2) is 9.59 Å². The van der Waals surface area contributed by atoms with Crippen LogP contribution in [0, 0.1) is 0 Å². The van der Waals surface area contributed by atoms with E-state index in [1.165, 1.54) is 0 Å². The van der Waals surface area contributed by atoms with Crippen LogP contribution in [0.4, 0.5) is 0 Å². The Bertz CT molecular complexity index is 421. The zero-order valence-corrected chi connectivity index (χ0v) is 11.0. The molecule has 0 fully saturated rings. The lowest BCUT2D eigenvalue weighted by molar-refractivity contribution is -0.513. The summed E-state index contributed by atoms with van der Waals surface area (Å²) in [4.78, 5) is 31.2. The third kappa shape index (κ3) is 6.54. The number of hydrogen-bond acceptors (Lipinski definition) is 6. The fourth-order valence-electron chi connectivity index (χ4n) is 0.966. The SMILES string of the molecule is CC(C)(C)OOOC(=O)C(=O)OCc1ccccc1. The Kier molecular flexibility index (Phi) is 5.47. The minimum absolute atomic E-state index is 0.0189. The molecular formula is C13H16O6. The van der Waals surface area contributed by atoms with Gasteiger partial charge in [0.05, 0.1) is 5.60 Å². The van der Waals surface area contributed by atoms with Crippen molar-refractivity contribution in [2.75, 3.05) is 0 Å². The van der Waals surface area contributed by atoms with Gasteiger partial charge < -0.3 is 4.74 Å². The van der Waals surface area contributed by atoms with Gasteiger partial charge in [0.2, 0.25) is 0 Å². The maximum Gasteiger partial charge on any atom is 0.453 e. The minimum atomic E-state index is -1.28. The fraction of sp³-hybridized carbons (Fsp3) is 0.385. The highest BCUT2D eigenvalue weighted by molar-refractivity contribution is 6.29. The van der Waals surface area contributed by atoms with E-state index >= 15 is 0 Å². The highest BCUT2D eigenvalue weighted by Crippen LogP contribution is 2.07. The minimum Gasteiger partial charge on any atom is -0.452 e. The Balaban J connectivity index is 2.28. The average Bonchev–Trinajstić information content (AvgIpc) is 2.35. The second-order valence-corrected chi connectivity index (χ2v) is 4.70. The smallest absolute Gasteiger partial charge is 0.452 e. The lowest BCUT2D eigenvalue weighted by atomic mass is 10.2. The monoisotopic (exact) mass is 268 g/mol. The molecule has 6 heteroatoms. The van der Waals surface area contributed by atoms with Crippen molar-refractivity contribution in [3.8, 4) is 0 Å². The summed E-state index contributed by atoms with van der Waals surface area (Å²) in [7, 11) is 0. The molecule has 0 bridgehead atoms. The number of hydrogen-bond donors (Lipinski definition) is 0. The van der Waals surface area contributed by atoms with Gasteiger partial charge >= 0.3 is 11.9 Å². The van der Waals surface area contributed by atoms with Crippen LogP contribution in [0.15, 0.2) is 30.3 Å². The number of rotatable bonds is 4. The van der Waals surface area contributed by atoms with Crippen LogP contribution < -0.4 is 0 Å². The summed E-state index contributed by atoms with van der Waals surface area (Å²) in [5.41, 5.74) is 0.101. The molecule has 0 atom stereocenters. The van der Waals surface area contributed by atoms with Crippen molar-refractivity contribution < 1.29 is 29.1 Å². The van der Waals surface area contributed by atoms with Crippen molar-refractivity contribution in [3.05, 3.63) is 35.9 Å². The molecule has 0 aliphatic rings. The molecule has 0 spiro atoms. The number of carbonyl (C=O) groups excluding carboxylic acids is 2.